The lowest BCUT2D eigenvalue weighted by Gasteiger charge is -2.38. The number of benzene rings is 1. The van der Waals surface area contributed by atoms with Crippen LogP contribution in [0.4, 0.5) is 0 Å². The van der Waals surface area contributed by atoms with Crippen LogP contribution in [-0.4, -0.2) is 39.3 Å². The fraction of sp³-hybridized carbons (Fsp3) is 0.471. The third-order valence-corrected chi connectivity index (χ3v) is 5.35. The van der Waals surface area contributed by atoms with Crippen LogP contribution in [0.25, 0.3) is 0 Å². The highest BCUT2D eigenvalue weighted by molar-refractivity contribution is 8.13. The van der Waals surface area contributed by atoms with Crippen molar-refractivity contribution in [3.8, 4) is 0 Å². The zero-order chi connectivity index (χ0) is 17.0. The average Bonchev–Trinajstić information content (AvgIpc) is 2.89. The number of carboxylic acid groups (broad SMARTS) is 1. The second kappa shape index (κ2) is 7.17. The predicted octanol–water partition coefficient (Wildman–Crippen LogP) is 2.50. The maximum absolute atomic E-state index is 12.5. The first-order chi connectivity index (χ1) is 10.9. The van der Waals surface area contributed by atoms with Crippen LogP contribution < -0.4 is 0 Å². The van der Waals surface area contributed by atoms with Gasteiger partial charge in [-0.1, -0.05) is 49.0 Å². The van der Waals surface area contributed by atoms with Gasteiger partial charge < -0.3 is 10.0 Å². The van der Waals surface area contributed by atoms with Crippen molar-refractivity contribution < 1.29 is 19.5 Å². The molecule has 6 heteroatoms. The average molecular weight is 335 g/mol. The number of hydrogen-bond acceptors (Lipinski definition) is 4. The highest BCUT2D eigenvalue weighted by Gasteiger charge is 2.50. The Bertz CT molecular complexity index is 604. The number of aliphatic carboxylic acids is 1. The molecule has 1 heterocycles. The smallest absolute Gasteiger partial charge is 0.334 e. The van der Waals surface area contributed by atoms with E-state index in [9.17, 15) is 19.5 Å². The summed E-state index contributed by atoms with van der Waals surface area (Å²) in [6.45, 7) is 3.65. The minimum atomic E-state index is -1.34. The van der Waals surface area contributed by atoms with Gasteiger partial charge >= 0.3 is 5.97 Å². The van der Waals surface area contributed by atoms with Crippen LogP contribution in [0, 0.1) is 5.92 Å². The summed E-state index contributed by atoms with van der Waals surface area (Å²) in [5.74, 6) is -0.622. The number of thioether (sulfide) groups is 1. The summed E-state index contributed by atoms with van der Waals surface area (Å²) in [5.41, 5.74) is -0.725. The van der Waals surface area contributed by atoms with Crippen molar-refractivity contribution >= 4 is 28.8 Å². The van der Waals surface area contributed by atoms with Crippen molar-refractivity contribution in [2.45, 2.75) is 32.2 Å². The maximum atomic E-state index is 12.5. The lowest BCUT2D eigenvalue weighted by molar-refractivity contribution is -0.158. The Morgan fingerprint density at radius 1 is 1.35 bits per heavy atom. The fourth-order valence-electron chi connectivity index (χ4n) is 3.15. The second-order valence-corrected chi connectivity index (χ2v) is 6.96. The number of carbonyl (C=O) groups excluding carboxylic acids is 2. The van der Waals surface area contributed by atoms with Gasteiger partial charge in [-0.3, -0.25) is 9.59 Å². The van der Waals surface area contributed by atoms with E-state index in [1.807, 2.05) is 6.07 Å². The van der Waals surface area contributed by atoms with Gasteiger partial charge in [0, 0.05) is 25.6 Å². The van der Waals surface area contributed by atoms with Crippen LogP contribution in [0.1, 0.15) is 32.3 Å². The summed E-state index contributed by atoms with van der Waals surface area (Å²) in [6, 6.07) is 8.90. The summed E-state index contributed by atoms with van der Waals surface area (Å²) in [7, 11) is 0. The molecular weight excluding hydrogens is 314 g/mol. The van der Waals surface area contributed by atoms with Crippen LogP contribution in [0.15, 0.2) is 30.3 Å². The van der Waals surface area contributed by atoms with Gasteiger partial charge in [-0.15, -0.1) is 0 Å². The van der Waals surface area contributed by atoms with Crippen LogP contribution in [0.2, 0.25) is 0 Å². The Kier molecular flexibility index (Phi) is 5.46. The molecule has 0 aliphatic carbocycles. The predicted molar refractivity (Wildman–Crippen MR) is 89.0 cm³/mol. The second-order valence-electron chi connectivity index (χ2n) is 5.76. The summed E-state index contributed by atoms with van der Waals surface area (Å²) in [4.78, 5) is 37.2. The van der Waals surface area contributed by atoms with Crippen LogP contribution in [-0.2, 0) is 19.9 Å². The molecule has 0 aromatic heterocycles. The van der Waals surface area contributed by atoms with E-state index in [-0.39, 0.29) is 16.9 Å². The van der Waals surface area contributed by atoms with E-state index in [1.54, 1.807) is 31.2 Å². The van der Waals surface area contributed by atoms with E-state index in [0.29, 0.717) is 30.7 Å². The van der Waals surface area contributed by atoms with Gasteiger partial charge in [0.25, 0.3) is 0 Å². The lowest BCUT2D eigenvalue weighted by Crippen LogP contribution is -2.52. The van der Waals surface area contributed by atoms with Gasteiger partial charge in [0.1, 0.15) is 0 Å². The first-order valence-electron chi connectivity index (χ1n) is 7.64. The maximum Gasteiger partial charge on any atom is 0.334 e. The minimum absolute atomic E-state index is 0.00499. The molecule has 0 spiro atoms. The molecule has 0 saturated carbocycles. The number of carboxylic acids is 1. The van der Waals surface area contributed by atoms with E-state index in [2.05, 4.69) is 0 Å². The van der Waals surface area contributed by atoms with E-state index in [1.165, 1.54) is 23.6 Å². The monoisotopic (exact) mass is 335 g/mol. The molecule has 1 amide bonds. The number of likely N-dealkylation sites (tertiary alicyclic amines) is 1. The molecule has 0 bridgehead atoms. The molecule has 1 aliphatic rings. The molecule has 2 unspecified atom stereocenters. The third-order valence-electron chi connectivity index (χ3n) is 4.31. The van der Waals surface area contributed by atoms with Crippen molar-refractivity contribution in [2.24, 2.45) is 5.92 Å². The third kappa shape index (κ3) is 3.42. The normalized spacial score (nSPS) is 20.3. The zero-order valence-electron chi connectivity index (χ0n) is 13.3. The molecule has 124 valence electrons. The SMILES string of the molecule is CCC(C(=O)O)(c1ccccc1)N1CC(CSC(C)=O)CC1=O. The number of amides is 1. The summed E-state index contributed by atoms with van der Waals surface area (Å²) >= 11 is 1.19. The van der Waals surface area contributed by atoms with Crippen molar-refractivity contribution in [1.29, 1.82) is 0 Å². The molecular formula is C17H21NO4S. The standard InChI is InChI=1S/C17H21NO4S/c1-3-17(16(21)22,14-7-5-4-6-8-14)18-10-13(9-15(18)20)11-23-12(2)19/h4-8,13H,3,9-11H2,1-2H3,(H,21,22). The molecule has 2 atom stereocenters. The van der Waals surface area contributed by atoms with E-state index >= 15 is 0 Å². The van der Waals surface area contributed by atoms with Gasteiger partial charge in [-0.05, 0) is 17.9 Å². The Morgan fingerprint density at radius 3 is 2.52 bits per heavy atom. The summed E-state index contributed by atoms with van der Waals surface area (Å²) in [6.07, 6.45) is 0.590. The quantitative estimate of drug-likeness (QED) is 0.864. The topological polar surface area (TPSA) is 74.7 Å². The van der Waals surface area contributed by atoms with Gasteiger partial charge in [0.2, 0.25) is 5.91 Å². The molecule has 0 radical (unpaired) electrons. The minimum Gasteiger partial charge on any atom is -0.479 e. The van der Waals surface area contributed by atoms with Gasteiger partial charge in [0.15, 0.2) is 10.7 Å². The van der Waals surface area contributed by atoms with Crippen molar-refractivity contribution in [3.05, 3.63) is 35.9 Å². The molecule has 1 aliphatic heterocycles. The van der Waals surface area contributed by atoms with Gasteiger partial charge in [0.05, 0.1) is 0 Å². The van der Waals surface area contributed by atoms with Crippen LogP contribution >= 0.6 is 11.8 Å². The highest BCUT2D eigenvalue weighted by atomic mass is 32.2. The molecule has 23 heavy (non-hydrogen) atoms. The number of rotatable bonds is 6. The largest absolute Gasteiger partial charge is 0.479 e. The Balaban J connectivity index is 2.32. The van der Waals surface area contributed by atoms with Gasteiger partial charge in [-0.25, -0.2) is 4.79 Å². The molecule has 1 aromatic carbocycles. The first-order valence-corrected chi connectivity index (χ1v) is 8.63. The van der Waals surface area contributed by atoms with E-state index in [0.717, 1.165) is 0 Å². The summed E-state index contributed by atoms with van der Waals surface area (Å²) in [5, 5.41) is 9.92. The van der Waals surface area contributed by atoms with Crippen LogP contribution in [0.3, 0.4) is 0 Å². The summed E-state index contributed by atoms with van der Waals surface area (Å²) < 4.78 is 0. The molecule has 1 aromatic rings. The highest BCUT2D eigenvalue weighted by Crippen LogP contribution is 2.38. The van der Waals surface area contributed by atoms with Crippen molar-refractivity contribution in [2.75, 3.05) is 12.3 Å². The zero-order valence-corrected chi connectivity index (χ0v) is 14.1. The van der Waals surface area contributed by atoms with Crippen molar-refractivity contribution in [1.82, 2.24) is 4.90 Å². The van der Waals surface area contributed by atoms with Crippen LogP contribution in [0.5, 0.6) is 0 Å². The molecule has 1 N–H and O–H groups in total. The lowest BCUT2D eigenvalue weighted by atomic mass is 9.85. The Hall–Kier alpha value is -1.82. The van der Waals surface area contributed by atoms with Crippen molar-refractivity contribution in [3.63, 3.8) is 0 Å². The first kappa shape index (κ1) is 17.5. The van der Waals surface area contributed by atoms with E-state index in [4.69, 9.17) is 0 Å². The number of hydrogen-bond donors (Lipinski definition) is 1. The van der Waals surface area contributed by atoms with E-state index < -0.39 is 11.5 Å². The fourth-order valence-corrected chi connectivity index (χ4v) is 3.85. The molecule has 1 fully saturated rings. The Labute approximate surface area is 140 Å². The van der Waals surface area contributed by atoms with Gasteiger partial charge in [-0.2, -0.15) is 0 Å². The number of carbonyl (C=O) groups is 3. The molecule has 5 nitrogen and oxygen atoms in total. The molecule has 2 rings (SSSR count). The number of nitrogens with zero attached hydrogens (tertiary/aromatic N) is 1. The Morgan fingerprint density at radius 2 is 2.00 bits per heavy atom. The molecule has 1 saturated heterocycles.